The summed E-state index contributed by atoms with van der Waals surface area (Å²) in [6.45, 7) is 9.25. The van der Waals surface area contributed by atoms with E-state index >= 15 is 0 Å². The zero-order valence-electron chi connectivity index (χ0n) is 30.3. The van der Waals surface area contributed by atoms with Crippen LogP contribution in [0.15, 0.2) is 0 Å². The maximum absolute atomic E-state index is 12.6. The van der Waals surface area contributed by atoms with E-state index in [-0.39, 0.29) is 6.42 Å². The highest BCUT2D eigenvalue weighted by molar-refractivity contribution is 5.74. The summed E-state index contributed by atoms with van der Waals surface area (Å²) in [6, 6.07) is 0. The van der Waals surface area contributed by atoms with Crippen molar-refractivity contribution < 1.29 is 19.8 Å². The second kappa shape index (κ2) is 30.6. The van der Waals surface area contributed by atoms with E-state index in [9.17, 15) is 14.7 Å². The highest BCUT2D eigenvalue weighted by atomic mass is 16.4. The molecule has 2 N–H and O–H groups in total. The summed E-state index contributed by atoms with van der Waals surface area (Å²) in [5.74, 6) is 0.307. The van der Waals surface area contributed by atoms with E-state index in [1.165, 1.54) is 128 Å². The molecule has 0 atom stereocenters. The molecular weight excluding hydrogens is 544 g/mol. The first kappa shape index (κ1) is 42.9. The topological polar surface area (TPSA) is 74.6 Å². The highest BCUT2D eigenvalue weighted by Gasteiger charge is 2.36. The van der Waals surface area contributed by atoms with Gasteiger partial charge >= 0.3 is 11.9 Å². The van der Waals surface area contributed by atoms with Crippen molar-refractivity contribution in [3.05, 3.63) is 0 Å². The average Bonchev–Trinajstić information content (AvgIpc) is 2.96. The van der Waals surface area contributed by atoms with Crippen molar-refractivity contribution >= 4 is 11.9 Å². The van der Waals surface area contributed by atoms with Crippen LogP contribution in [0.3, 0.4) is 0 Å². The molecule has 0 saturated carbocycles. The Kier molecular flexibility index (Phi) is 29.8. The van der Waals surface area contributed by atoms with Crippen LogP contribution in [0.2, 0.25) is 0 Å². The maximum Gasteiger partial charge on any atom is 0.309 e. The lowest BCUT2D eigenvalue weighted by Gasteiger charge is -2.30. The predicted molar refractivity (Wildman–Crippen MR) is 191 cm³/mol. The molecule has 0 rings (SSSR count). The van der Waals surface area contributed by atoms with Crippen LogP contribution in [-0.2, 0) is 9.59 Å². The third kappa shape index (κ3) is 28.4. The Hall–Kier alpha value is -1.06. The molecular formula is C40H78O4. The Bertz CT molecular complexity index is 607. The summed E-state index contributed by atoms with van der Waals surface area (Å²) in [6.07, 6.45) is 35.9. The van der Waals surface area contributed by atoms with Gasteiger partial charge in [-0.1, -0.05) is 195 Å². The Morgan fingerprint density at radius 1 is 0.409 bits per heavy atom. The van der Waals surface area contributed by atoms with Crippen LogP contribution in [0.4, 0.5) is 0 Å². The smallest absolute Gasteiger partial charge is 0.309 e. The van der Waals surface area contributed by atoms with Crippen LogP contribution in [0.1, 0.15) is 227 Å². The van der Waals surface area contributed by atoms with Gasteiger partial charge in [-0.25, -0.2) is 0 Å². The van der Waals surface area contributed by atoms with E-state index in [4.69, 9.17) is 5.11 Å². The first-order valence-corrected chi connectivity index (χ1v) is 19.6. The van der Waals surface area contributed by atoms with Crippen LogP contribution >= 0.6 is 0 Å². The van der Waals surface area contributed by atoms with E-state index < -0.39 is 17.4 Å². The fraction of sp³-hybridized carbons (Fsp3) is 0.950. The van der Waals surface area contributed by atoms with Crippen LogP contribution in [-0.4, -0.2) is 22.2 Å². The Morgan fingerprint density at radius 3 is 0.909 bits per heavy atom. The quantitative estimate of drug-likeness (QED) is 0.0689. The van der Waals surface area contributed by atoms with Gasteiger partial charge in [0.15, 0.2) is 0 Å². The lowest BCUT2D eigenvalue weighted by molar-refractivity contribution is -0.151. The van der Waals surface area contributed by atoms with E-state index in [0.717, 1.165) is 63.2 Å². The van der Waals surface area contributed by atoms with Gasteiger partial charge in [-0.15, -0.1) is 0 Å². The summed E-state index contributed by atoms with van der Waals surface area (Å²) >= 11 is 0. The Labute approximate surface area is 275 Å². The average molecular weight is 623 g/mol. The largest absolute Gasteiger partial charge is 0.481 e. The predicted octanol–water partition coefficient (Wildman–Crippen LogP) is 13.5. The standard InChI is InChI=1S/C40H78O4/c1-36(2)30-24-19-15-11-7-5-9-13-17-21-27-33-40(39(43)44,35-29-23-26-32-38(41)42)34-28-22-18-14-10-6-8-12-16-20-25-31-37(3)4/h36-37H,5-35H2,1-4H3,(H,41,42)(H,43,44). The molecule has 0 saturated heterocycles. The minimum absolute atomic E-state index is 0.191. The van der Waals surface area contributed by atoms with Gasteiger partial charge in [0.25, 0.3) is 0 Å². The molecule has 0 aliphatic rings. The number of hydrogen-bond acceptors (Lipinski definition) is 2. The molecule has 0 amide bonds. The Morgan fingerprint density at radius 2 is 0.659 bits per heavy atom. The number of rotatable bonds is 35. The number of hydrogen-bond donors (Lipinski definition) is 2. The van der Waals surface area contributed by atoms with E-state index in [1.54, 1.807) is 0 Å². The van der Waals surface area contributed by atoms with Crippen molar-refractivity contribution in [3.63, 3.8) is 0 Å². The monoisotopic (exact) mass is 623 g/mol. The third-order valence-electron chi connectivity index (χ3n) is 9.87. The van der Waals surface area contributed by atoms with Gasteiger partial charge in [0.1, 0.15) is 0 Å². The first-order valence-electron chi connectivity index (χ1n) is 19.6. The molecule has 0 fully saturated rings. The number of carboxylic acids is 2. The lowest BCUT2D eigenvalue weighted by atomic mass is 9.74. The number of carboxylic acid groups (broad SMARTS) is 2. The van der Waals surface area contributed by atoms with Crippen LogP contribution < -0.4 is 0 Å². The SMILES string of the molecule is CC(C)CCCCCCCCCCCCCC(CCCCCCCCCCCCCC(C)C)(CCCCCC(=O)O)C(=O)O. The van der Waals surface area contributed by atoms with Crippen molar-refractivity contribution in [2.24, 2.45) is 17.3 Å². The Balaban J connectivity index is 4.25. The van der Waals surface area contributed by atoms with Gasteiger partial charge in [-0.2, -0.15) is 0 Å². The van der Waals surface area contributed by atoms with Gasteiger partial charge in [-0.3, -0.25) is 9.59 Å². The molecule has 0 aromatic carbocycles. The normalized spacial score (nSPS) is 12.0. The number of unbranched alkanes of at least 4 members (excludes halogenated alkanes) is 22. The molecule has 0 radical (unpaired) electrons. The molecule has 0 aromatic heterocycles. The van der Waals surface area contributed by atoms with Crippen molar-refractivity contribution in [1.29, 1.82) is 0 Å². The third-order valence-corrected chi connectivity index (χ3v) is 9.87. The molecule has 44 heavy (non-hydrogen) atoms. The summed E-state index contributed by atoms with van der Waals surface area (Å²) in [7, 11) is 0. The van der Waals surface area contributed by atoms with E-state index in [0.29, 0.717) is 12.8 Å². The molecule has 4 nitrogen and oxygen atoms in total. The zero-order valence-corrected chi connectivity index (χ0v) is 30.3. The molecule has 0 aliphatic heterocycles. The highest BCUT2D eigenvalue weighted by Crippen LogP contribution is 2.38. The fourth-order valence-electron chi connectivity index (χ4n) is 6.83. The maximum atomic E-state index is 12.6. The molecule has 0 bridgehead atoms. The van der Waals surface area contributed by atoms with Gasteiger partial charge in [-0.05, 0) is 37.5 Å². The lowest BCUT2D eigenvalue weighted by Crippen LogP contribution is -2.31. The van der Waals surface area contributed by atoms with E-state index in [1.807, 2.05) is 0 Å². The minimum atomic E-state index is -0.752. The van der Waals surface area contributed by atoms with Crippen LogP contribution in [0, 0.1) is 17.3 Å². The van der Waals surface area contributed by atoms with Gasteiger partial charge in [0, 0.05) is 6.42 Å². The summed E-state index contributed by atoms with van der Waals surface area (Å²) in [5.41, 5.74) is -0.617. The number of aliphatic carboxylic acids is 2. The van der Waals surface area contributed by atoms with Crippen molar-refractivity contribution in [2.75, 3.05) is 0 Å². The molecule has 0 unspecified atom stereocenters. The molecule has 0 aromatic rings. The first-order chi connectivity index (χ1) is 21.2. The molecule has 4 heteroatoms. The van der Waals surface area contributed by atoms with Crippen LogP contribution in [0.5, 0.6) is 0 Å². The molecule has 0 spiro atoms. The summed E-state index contributed by atoms with van der Waals surface area (Å²) in [4.78, 5) is 23.5. The fourth-order valence-corrected chi connectivity index (χ4v) is 6.83. The van der Waals surface area contributed by atoms with Crippen molar-refractivity contribution in [1.82, 2.24) is 0 Å². The minimum Gasteiger partial charge on any atom is -0.481 e. The number of carbonyl (C=O) groups is 2. The van der Waals surface area contributed by atoms with Crippen molar-refractivity contribution in [3.8, 4) is 0 Å². The molecule has 262 valence electrons. The zero-order chi connectivity index (χ0) is 32.7. The van der Waals surface area contributed by atoms with Crippen molar-refractivity contribution in [2.45, 2.75) is 227 Å². The second-order valence-electron chi connectivity index (χ2n) is 15.2. The van der Waals surface area contributed by atoms with E-state index in [2.05, 4.69) is 27.7 Å². The molecule has 0 aliphatic carbocycles. The summed E-state index contributed by atoms with van der Waals surface area (Å²) in [5, 5.41) is 19.3. The van der Waals surface area contributed by atoms with Gasteiger partial charge in [0.2, 0.25) is 0 Å². The van der Waals surface area contributed by atoms with Gasteiger partial charge in [0.05, 0.1) is 5.41 Å². The van der Waals surface area contributed by atoms with Gasteiger partial charge < -0.3 is 10.2 Å². The molecule has 0 heterocycles. The van der Waals surface area contributed by atoms with Crippen LogP contribution in [0.25, 0.3) is 0 Å². The second-order valence-corrected chi connectivity index (χ2v) is 15.2. The summed E-state index contributed by atoms with van der Waals surface area (Å²) < 4.78 is 0.